The molecule has 0 aliphatic heterocycles. The molecule has 0 aliphatic carbocycles. The van der Waals surface area contributed by atoms with E-state index in [2.05, 4.69) is 25.9 Å². The predicted octanol–water partition coefficient (Wildman–Crippen LogP) is 1.54. The third kappa shape index (κ3) is 5.30. The zero-order valence-electron chi connectivity index (χ0n) is 7.55. The first kappa shape index (κ1) is 11.0. The Morgan fingerprint density at radius 3 is 2.45 bits per heavy atom. The predicted molar refractivity (Wildman–Crippen MR) is 53.5 cm³/mol. The van der Waals surface area contributed by atoms with Crippen LogP contribution in [0.3, 0.4) is 0 Å². The van der Waals surface area contributed by atoms with E-state index in [0.717, 1.165) is 11.3 Å². The third-order valence-corrected chi connectivity index (χ3v) is 2.58. The molecular formula is C8H18N2S. The lowest BCUT2D eigenvalue weighted by molar-refractivity contribution is 0.648. The van der Waals surface area contributed by atoms with Gasteiger partial charge in [-0.1, -0.05) is 26.0 Å². The van der Waals surface area contributed by atoms with Gasteiger partial charge in [-0.15, -0.1) is 0 Å². The van der Waals surface area contributed by atoms with Crippen molar-refractivity contribution in [3.8, 4) is 0 Å². The van der Waals surface area contributed by atoms with E-state index in [0.29, 0.717) is 5.25 Å². The van der Waals surface area contributed by atoms with Gasteiger partial charge in [-0.2, -0.15) is 11.8 Å². The Bertz CT molecular complexity index is 123. The molecule has 1 atom stereocenters. The van der Waals surface area contributed by atoms with Crippen molar-refractivity contribution in [2.75, 3.05) is 5.75 Å². The first-order chi connectivity index (χ1) is 5.07. The zero-order valence-corrected chi connectivity index (χ0v) is 8.37. The van der Waals surface area contributed by atoms with Crippen molar-refractivity contribution < 1.29 is 0 Å². The largest absolute Gasteiger partial charge is 0.271 e. The SMILES string of the molecule is C=C(C)C(CSC(C)C)NN. The highest BCUT2D eigenvalue weighted by molar-refractivity contribution is 7.99. The monoisotopic (exact) mass is 174 g/mol. The van der Waals surface area contributed by atoms with Gasteiger partial charge in [0.2, 0.25) is 0 Å². The van der Waals surface area contributed by atoms with E-state index >= 15 is 0 Å². The fraction of sp³-hybridized carbons (Fsp3) is 0.750. The van der Waals surface area contributed by atoms with Gasteiger partial charge in [0.15, 0.2) is 0 Å². The Morgan fingerprint density at radius 2 is 2.18 bits per heavy atom. The van der Waals surface area contributed by atoms with Crippen LogP contribution in [0.5, 0.6) is 0 Å². The normalized spacial score (nSPS) is 13.5. The van der Waals surface area contributed by atoms with Gasteiger partial charge in [-0.3, -0.25) is 11.3 Å². The first-order valence-electron chi connectivity index (χ1n) is 3.81. The Kier molecular flexibility index (Phi) is 5.64. The van der Waals surface area contributed by atoms with Gasteiger partial charge in [0.05, 0.1) is 6.04 Å². The lowest BCUT2D eigenvalue weighted by Gasteiger charge is -2.16. The molecule has 0 amide bonds. The lowest BCUT2D eigenvalue weighted by Crippen LogP contribution is -2.37. The summed E-state index contributed by atoms with van der Waals surface area (Å²) in [6.07, 6.45) is 0. The fourth-order valence-electron chi connectivity index (χ4n) is 0.621. The lowest BCUT2D eigenvalue weighted by atomic mass is 10.2. The molecule has 11 heavy (non-hydrogen) atoms. The Morgan fingerprint density at radius 1 is 1.64 bits per heavy atom. The molecule has 0 rings (SSSR count). The summed E-state index contributed by atoms with van der Waals surface area (Å²) in [5, 5.41) is 0.658. The highest BCUT2D eigenvalue weighted by Gasteiger charge is 2.07. The minimum absolute atomic E-state index is 0.252. The van der Waals surface area contributed by atoms with Crippen molar-refractivity contribution in [1.29, 1.82) is 0 Å². The maximum absolute atomic E-state index is 5.34. The van der Waals surface area contributed by atoms with Crippen LogP contribution in [0.1, 0.15) is 20.8 Å². The summed E-state index contributed by atoms with van der Waals surface area (Å²) in [5.41, 5.74) is 3.83. The molecule has 0 aromatic heterocycles. The summed E-state index contributed by atoms with van der Waals surface area (Å²) in [5.74, 6) is 6.34. The third-order valence-electron chi connectivity index (χ3n) is 1.39. The summed E-state index contributed by atoms with van der Waals surface area (Å²) in [7, 11) is 0. The molecule has 0 spiro atoms. The van der Waals surface area contributed by atoms with Crippen molar-refractivity contribution >= 4 is 11.8 Å². The molecule has 0 saturated heterocycles. The average molecular weight is 174 g/mol. The van der Waals surface area contributed by atoms with E-state index in [-0.39, 0.29) is 6.04 Å². The Balaban J connectivity index is 3.61. The fourth-order valence-corrected chi connectivity index (χ4v) is 1.58. The molecule has 1 unspecified atom stereocenters. The number of nitrogens with one attached hydrogen (secondary N) is 1. The molecule has 3 N–H and O–H groups in total. The summed E-state index contributed by atoms with van der Waals surface area (Å²) in [4.78, 5) is 0. The van der Waals surface area contributed by atoms with Crippen LogP contribution in [0, 0.1) is 0 Å². The summed E-state index contributed by atoms with van der Waals surface area (Å²) in [6, 6.07) is 0.252. The molecule has 0 radical (unpaired) electrons. The van der Waals surface area contributed by atoms with Crippen LogP contribution in [0.2, 0.25) is 0 Å². The highest BCUT2D eigenvalue weighted by Crippen LogP contribution is 2.12. The van der Waals surface area contributed by atoms with Gasteiger partial charge >= 0.3 is 0 Å². The van der Waals surface area contributed by atoms with E-state index in [4.69, 9.17) is 5.84 Å². The second kappa shape index (κ2) is 5.63. The highest BCUT2D eigenvalue weighted by atomic mass is 32.2. The van der Waals surface area contributed by atoms with Crippen LogP contribution in [0.15, 0.2) is 12.2 Å². The number of hydrogen-bond acceptors (Lipinski definition) is 3. The maximum Gasteiger partial charge on any atom is 0.0505 e. The maximum atomic E-state index is 5.34. The second-order valence-electron chi connectivity index (χ2n) is 2.95. The Hall–Kier alpha value is 0.01000. The number of thioether (sulfide) groups is 1. The molecule has 0 aromatic carbocycles. The van der Waals surface area contributed by atoms with E-state index in [1.165, 1.54) is 0 Å². The Labute approximate surface area is 73.6 Å². The van der Waals surface area contributed by atoms with Gasteiger partial charge in [0, 0.05) is 5.75 Å². The number of hydrazine groups is 1. The molecule has 0 fully saturated rings. The van der Waals surface area contributed by atoms with E-state index in [1.807, 2.05) is 18.7 Å². The molecule has 0 saturated carbocycles. The van der Waals surface area contributed by atoms with Gasteiger partial charge in [0.25, 0.3) is 0 Å². The summed E-state index contributed by atoms with van der Waals surface area (Å²) < 4.78 is 0. The molecular weight excluding hydrogens is 156 g/mol. The molecule has 3 heteroatoms. The van der Waals surface area contributed by atoms with E-state index in [9.17, 15) is 0 Å². The first-order valence-corrected chi connectivity index (χ1v) is 4.86. The molecule has 0 bridgehead atoms. The van der Waals surface area contributed by atoms with Crippen LogP contribution < -0.4 is 11.3 Å². The standard InChI is InChI=1S/C8H18N2S/c1-6(2)8(10-9)5-11-7(3)4/h7-8,10H,1,5,9H2,2-4H3. The van der Waals surface area contributed by atoms with Crippen LogP contribution in [-0.2, 0) is 0 Å². The molecule has 0 heterocycles. The minimum Gasteiger partial charge on any atom is -0.271 e. The van der Waals surface area contributed by atoms with Crippen molar-refractivity contribution in [3.63, 3.8) is 0 Å². The molecule has 66 valence electrons. The molecule has 0 aliphatic rings. The van der Waals surface area contributed by atoms with E-state index in [1.54, 1.807) is 0 Å². The quantitative estimate of drug-likeness (QED) is 0.377. The molecule has 2 nitrogen and oxygen atoms in total. The number of nitrogens with two attached hydrogens (primary N) is 1. The smallest absolute Gasteiger partial charge is 0.0505 e. The van der Waals surface area contributed by atoms with Gasteiger partial charge in [-0.05, 0) is 12.2 Å². The van der Waals surface area contributed by atoms with Crippen LogP contribution >= 0.6 is 11.8 Å². The second-order valence-corrected chi connectivity index (χ2v) is 4.56. The van der Waals surface area contributed by atoms with Crippen LogP contribution in [0.4, 0.5) is 0 Å². The van der Waals surface area contributed by atoms with Crippen molar-refractivity contribution in [3.05, 3.63) is 12.2 Å². The van der Waals surface area contributed by atoms with Gasteiger partial charge in [-0.25, -0.2) is 0 Å². The topological polar surface area (TPSA) is 38.0 Å². The number of hydrogen-bond donors (Lipinski definition) is 2. The van der Waals surface area contributed by atoms with Crippen molar-refractivity contribution in [2.45, 2.75) is 32.1 Å². The van der Waals surface area contributed by atoms with Crippen molar-refractivity contribution in [1.82, 2.24) is 5.43 Å². The van der Waals surface area contributed by atoms with Crippen LogP contribution in [0.25, 0.3) is 0 Å². The van der Waals surface area contributed by atoms with Crippen molar-refractivity contribution in [2.24, 2.45) is 5.84 Å². The number of rotatable bonds is 5. The summed E-state index contributed by atoms with van der Waals surface area (Å²) >= 11 is 1.89. The van der Waals surface area contributed by atoms with Crippen LogP contribution in [-0.4, -0.2) is 17.0 Å². The zero-order chi connectivity index (χ0) is 8.85. The van der Waals surface area contributed by atoms with E-state index < -0.39 is 0 Å². The average Bonchev–Trinajstić information content (AvgIpc) is 1.87. The minimum atomic E-state index is 0.252. The van der Waals surface area contributed by atoms with Gasteiger partial charge in [0.1, 0.15) is 0 Å². The summed E-state index contributed by atoms with van der Waals surface area (Å²) in [6.45, 7) is 10.2. The molecule has 0 aromatic rings. The van der Waals surface area contributed by atoms with Gasteiger partial charge < -0.3 is 0 Å².